The zero-order valence-corrected chi connectivity index (χ0v) is 13.9. The summed E-state index contributed by atoms with van der Waals surface area (Å²) in [4.78, 5) is 0. The minimum atomic E-state index is 1.14. The summed E-state index contributed by atoms with van der Waals surface area (Å²) in [5.41, 5.74) is 0. The number of halogens is 1. The lowest BCUT2D eigenvalue weighted by Gasteiger charge is -2.34. The quantitative estimate of drug-likeness (QED) is 0.271. The standard InChI is InChI=1S/C15H33BrN/c1-4-6-8-9-11-14-17(3,15-12-16)13-10-7-5-2/h4-15H2,1-3H3/q+1. The van der Waals surface area contributed by atoms with Crippen molar-refractivity contribution in [1.82, 2.24) is 0 Å². The van der Waals surface area contributed by atoms with Gasteiger partial charge in [-0.25, -0.2) is 0 Å². The highest BCUT2D eigenvalue weighted by atomic mass is 79.9. The predicted molar refractivity (Wildman–Crippen MR) is 82.9 cm³/mol. The van der Waals surface area contributed by atoms with Gasteiger partial charge in [0.05, 0.1) is 32.0 Å². The van der Waals surface area contributed by atoms with Crippen molar-refractivity contribution < 1.29 is 4.48 Å². The third-order valence-electron chi connectivity index (χ3n) is 3.73. The van der Waals surface area contributed by atoms with Crippen LogP contribution in [0, 0.1) is 0 Å². The Balaban J connectivity index is 3.77. The first-order valence-corrected chi connectivity index (χ1v) is 8.70. The molecule has 0 fully saturated rings. The van der Waals surface area contributed by atoms with Gasteiger partial charge in [0.15, 0.2) is 0 Å². The fourth-order valence-electron chi connectivity index (χ4n) is 2.38. The first-order valence-electron chi connectivity index (χ1n) is 7.58. The molecule has 0 spiro atoms. The highest BCUT2D eigenvalue weighted by Gasteiger charge is 2.19. The minimum absolute atomic E-state index is 1.14. The van der Waals surface area contributed by atoms with Gasteiger partial charge in [0.2, 0.25) is 0 Å². The van der Waals surface area contributed by atoms with Crippen molar-refractivity contribution in [3.63, 3.8) is 0 Å². The second-order valence-corrected chi connectivity index (χ2v) is 6.39. The molecule has 0 saturated heterocycles. The Morgan fingerprint density at radius 3 is 1.71 bits per heavy atom. The normalized spacial score (nSPS) is 14.8. The lowest BCUT2D eigenvalue weighted by atomic mass is 10.1. The average Bonchev–Trinajstić information content (AvgIpc) is 2.29. The first-order chi connectivity index (χ1) is 8.18. The maximum atomic E-state index is 3.61. The molecule has 0 rings (SSSR count). The Morgan fingerprint density at radius 2 is 1.18 bits per heavy atom. The van der Waals surface area contributed by atoms with Crippen molar-refractivity contribution in [2.45, 2.75) is 65.2 Å². The van der Waals surface area contributed by atoms with E-state index in [2.05, 4.69) is 36.8 Å². The van der Waals surface area contributed by atoms with E-state index in [9.17, 15) is 0 Å². The van der Waals surface area contributed by atoms with Gasteiger partial charge in [0.25, 0.3) is 0 Å². The summed E-state index contributed by atoms with van der Waals surface area (Å²) >= 11 is 3.61. The number of rotatable bonds is 12. The molecule has 1 unspecified atom stereocenters. The predicted octanol–water partition coefficient (Wildman–Crippen LogP) is 4.99. The number of unbranched alkanes of at least 4 members (excludes halogenated alkanes) is 6. The first kappa shape index (κ1) is 17.4. The van der Waals surface area contributed by atoms with E-state index in [-0.39, 0.29) is 0 Å². The smallest absolute Gasteiger partial charge is 0.0883 e. The van der Waals surface area contributed by atoms with Crippen molar-refractivity contribution in [3.05, 3.63) is 0 Å². The highest BCUT2D eigenvalue weighted by molar-refractivity contribution is 9.09. The summed E-state index contributed by atoms with van der Waals surface area (Å²) in [5, 5.41) is 1.14. The molecule has 0 aliphatic carbocycles. The van der Waals surface area contributed by atoms with Crippen LogP contribution in [-0.4, -0.2) is 36.5 Å². The van der Waals surface area contributed by atoms with Crippen molar-refractivity contribution >= 4 is 15.9 Å². The summed E-state index contributed by atoms with van der Waals surface area (Å²) in [6.45, 7) is 8.61. The number of hydrogen-bond donors (Lipinski definition) is 0. The van der Waals surface area contributed by atoms with E-state index in [1.165, 1.54) is 75.5 Å². The van der Waals surface area contributed by atoms with Crippen LogP contribution in [0.3, 0.4) is 0 Å². The van der Waals surface area contributed by atoms with E-state index in [0.717, 1.165) is 5.33 Å². The molecule has 17 heavy (non-hydrogen) atoms. The molecule has 1 atom stereocenters. The van der Waals surface area contributed by atoms with Crippen molar-refractivity contribution in [2.75, 3.05) is 32.0 Å². The van der Waals surface area contributed by atoms with Gasteiger partial charge in [-0.2, -0.15) is 0 Å². The molecule has 0 radical (unpaired) electrons. The zero-order chi connectivity index (χ0) is 13.0. The Kier molecular flexibility index (Phi) is 11.8. The topological polar surface area (TPSA) is 0 Å². The number of hydrogen-bond acceptors (Lipinski definition) is 0. The third kappa shape index (κ3) is 10.1. The molecule has 0 aromatic rings. The Hall–Kier alpha value is 0.440. The molecule has 104 valence electrons. The van der Waals surface area contributed by atoms with Gasteiger partial charge < -0.3 is 4.48 Å². The number of nitrogens with zero attached hydrogens (tertiary/aromatic N) is 1. The third-order valence-corrected chi connectivity index (χ3v) is 4.08. The van der Waals surface area contributed by atoms with Crippen LogP contribution < -0.4 is 0 Å². The van der Waals surface area contributed by atoms with Gasteiger partial charge in [-0.1, -0.05) is 55.5 Å². The summed E-state index contributed by atoms with van der Waals surface area (Å²) in [6, 6.07) is 0. The van der Waals surface area contributed by atoms with Crippen LogP contribution in [0.15, 0.2) is 0 Å². The van der Waals surface area contributed by atoms with E-state index in [0.29, 0.717) is 0 Å². The Labute approximate surface area is 118 Å². The zero-order valence-electron chi connectivity index (χ0n) is 12.3. The molecule has 0 amide bonds. The molecule has 2 heteroatoms. The van der Waals surface area contributed by atoms with Crippen LogP contribution in [0.5, 0.6) is 0 Å². The number of quaternary nitrogens is 1. The van der Waals surface area contributed by atoms with Crippen LogP contribution in [-0.2, 0) is 0 Å². The van der Waals surface area contributed by atoms with Gasteiger partial charge in [-0.15, -0.1) is 0 Å². The van der Waals surface area contributed by atoms with Gasteiger partial charge in [0.1, 0.15) is 0 Å². The summed E-state index contributed by atoms with van der Waals surface area (Å²) in [7, 11) is 2.44. The minimum Gasteiger partial charge on any atom is -0.325 e. The van der Waals surface area contributed by atoms with Gasteiger partial charge >= 0.3 is 0 Å². The van der Waals surface area contributed by atoms with Gasteiger partial charge in [0, 0.05) is 0 Å². The van der Waals surface area contributed by atoms with Crippen LogP contribution in [0.1, 0.15) is 65.2 Å². The van der Waals surface area contributed by atoms with E-state index >= 15 is 0 Å². The lowest BCUT2D eigenvalue weighted by Crippen LogP contribution is -2.46. The Morgan fingerprint density at radius 1 is 0.706 bits per heavy atom. The molecular weight excluding hydrogens is 274 g/mol. The van der Waals surface area contributed by atoms with Crippen LogP contribution in [0.2, 0.25) is 0 Å². The van der Waals surface area contributed by atoms with Crippen LogP contribution >= 0.6 is 15.9 Å². The molecule has 0 saturated carbocycles. The fourth-order valence-corrected chi connectivity index (χ4v) is 3.24. The monoisotopic (exact) mass is 306 g/mol. The number of alkyl halides is 1. The fraction of sp³-hybridized carbons (Fsp3) is 1.00. The van der Waals surface area contributed by atoms with Gasteiger partial charge in [-0.05, 0) is 25.7 Å². The van der Waals surface area contributed by atoms with Crippen LogP contribution in [0.25, 0.3) is 0 Å². The van der Waals surface area contributed by atoms with E-state index in [4.69, 9.17) is 0 Å². The summed E-state index contributed by atoms with van der Waals surface area (Å²) in [6.07, 6.45) is 11.2. The van der Waals surface area contributed by atoms with Crippen molar-refractivity contribution in [2.24, 2.45) is 0 Å². The van der Waals surface area contributed by atoms with Crippen molar-refractivity contribution in [3.8, 4) is 0 Å². The molecule has 0 heterocycles. The lowest BCUT2D eigenvalue weighted by molar-refractivity contribution is -0.907. The molecule has 0 aliphatic heterocycles. The molecule has 0 aromatic heterocycles. The second kappa shape index (κ2) is 11.5. The maximum Gasteiger partial charge on any atom is 0.0883 e. The van der Waals surface area contributed by atoms with Crippen LogP contribution in [0.4, 0.5) is 0 Å². The molecule has 0 N–H and O–H groups in total. The second-order valence-electron chi connectivity index (χ2n) is 5.60. The SMILES string of the molecule is CCCCCCC[N+](C)(CCBr)CCCCC. The summed E-state index contributed by atoms with van der Waals surface area (Å²) < 4.78 is 1.28. The van der Waals surface area contributed by atoms with E-state index in [1.807, 2.05) is 0 Å². The molecule has 0 aromatic carbocycles. The molecular formula is C15H33BrN+. The van der Waals surface area contributed by atoms with E-state index in [1.54, 1.807) is 0 Å². The van der Waals surface area contributed by atoms with Crippen molar-refractivity contribution in [1.29, 1.82) is 0 Å². The average molecular weight is 307 g/mol. The molecule has 0 bridgehead atoms. The summed E-state index contributed by atoms with van der Waals surface area (Å²) in [5.74, 6) is 0. The maximum absolute atomic E-state index is 3.61. The molecule has 1 nitrogen and oxygen atoms in total. The Bertz CT molecular complexity index is 161. The largest absolute Gasteiger partial charge is 0.325 e. The van der Waals surface area contributed by atoms with E-state index < -0.39 is 0 Å². The molecule has 0 aliphatic rings. The van der Waals surface area contributed by atoms with Gasteiger partial charge in [-0.3, -0.25) is 0 Å². The highest BCUT2D eigenvalue weighted by Crippen LogP contribution is 2.12.